The number of anilines is 1. The van der Waals surface area contributed by atoms with Crippen LogP contribution in [-0.4, -0.2) is 4.98 Å². The first-order valence-electron chi connectivity index (χ1n) is 4.41. The second kappa shape index (κ2) is 2.94. The molecule has 0 spiro atoms. The van der Waals surface area contributed by atoms with E-state index in [9.17, 15) is 4.39 Å². The molecule has 2 rings (SSSR count). The fourth-order valence-electron chi connectivity index (χ4n) is 1.62. The number of benzene rings is 1. The first-order valence-corrected chi connectivity index (χ1v) is 4.41. The number of halogens is 1. The highest BCUT2D eigenvalue weighted by molar-refractivity contribution is 5.92. The zero-order valence-corrected chi connectivity index (χ0v) is 8.13. The smallest absolute Gasteiger partial charge is 0.124 e. The molecule has 1 aromatic heterocycles. The predicted octanol–water partition coefficient (Wildman–Crippen LogP) is 2.57. The van der Waals surface area contributed by atoms with E-state index in [2.05, 4.69) is 4.98 Å². The van der Waals surface area contributed by atoms with Crippen molar-refractivity contribution in [2.45, 2.75) is 13.8 Å². The summed E-state index contributed by atoms with van der Waals surface area (Å²) >= 11 is 0. The Bertz CT molecular complexity index is 459. The monoisotopic (exact) mass is 190 g/mol. The Morgan fingerprint density at radius 2 is 1.93 bits per heavy atom. The van der Waals surface area contributed by atoms with Crippen LogP contribution in [0.25, 0.3) is 10.9 Å². The van der Waals surface area contributed by atoms with Gasteiger partial charge in [0.15, 0.2) is 0 Å². The third-order valence-corrected chi connectivity index (χ3v) is 2.23. The summed E-state index contributed by atoms with van der Waals surface area (Å²) in [5, 5.41) is 0.688. The summed E-state index contributed by atoms with van der Waals surface area (Å²) in [7, 11) is 0. The van der Waals surface area contributed by atoms with E-state index in [1.54, 1.807) is 6.07 Å². The molecule has 2 N–H and O–H groups in total. The Labute approximate surface area is 81.6 Å². The van der Waals surface area contributed by atoms with Crippen LogP contribution in [0, 0.1) is 19.7 Å². The van der Waals surface area contributed by atoms with Gasteiger partial charge in [-0.3, -0.25) is 4.98 Å². The first kappa shape index (κ1) is 8.94. The lowest BCUT2D eigenvalue weighted by Crippen LogP contribution is -1.94. The van der Waals surface area contributed by atoms with E-state index in [1.165, 1.54) is 12.1 Å². The Morgan fingerprint density at radius 1 is 1.21 bits per heavy atom. The Hall–Kier alpha value is -1.64. The number of nitrogens with two attached hydrogens (primary N) is 1. The Balaban J connectivity index is 2.94. The minimum absolute atomic E-state index is 0.271. The van der Waals surface area contributed by atoms with Crippen LogP contribution in [0.15, 0.2) is 18.2 Å². The van der Waals surface area contributed by atoms with Crippen molar-refractivity contribution in [3.63, 3.8) is 0 Å². The zero-order valence-electron chi connectivity index (χ0n) is 8.13. The molecule has 0 saturated heterocycles. The molecule has 0 bridgehead atoms. The van der Waals surface area contributed by atoms with Gasteiger partial charge in [0.1, 0.15) is 5.82 Å². The van der Waals surface area contributed by atoms with Crippen LogP contribution < -0.4 is 5.73 Å². The number of aryl methyl sites for hydroxylation is 2. The highest BCUT2D eigenvalue weighted by Crippen LogP contribution is 2.24. The van der Waals surface area contributed by atoms with Crippen molar-refractivity contribution in [2.24, 2.45) is 0 Å². The maximum absolute atomic E-state index is 13.1. The minimum atomic E-state index is -0.271. The largest absolute Gasteiger partial charge is 0.398 e. The third kappa shape index (κ3) is 1.31. The average Bonchev–Trinajstić information content (AvgIpc) is 2.07. The molecule has 72 valence electrons. The van der Waals surface area contributed by atoms with Crippen molar-refractivity contribution in [1.82, 2.24) is 4.98 Å². The molecule has 0 aliphatic heterocycles. The van der Waals surface area contributed by atoms with Crippen molar-refractivity contribution >= 4 is 16.6 Å². The molecule has 0 unspecified atom stereocenters. The van der Waals surface area contributed by atoms with Gasteiger partial charge >= 0.3 is 0 Å². The standard InChI is InChI=1S/C11H11FN2/c1-6-3-8(12)5-9-10(13)4-7(2)14-11(6)9/h3-5H,1-2H3,(H2,13,14). The van der Waals surface area contributed by atoms with E-state index in [-0.39, 0.29) is 5.82 Å². The minimum Gasteiger partial charge on any atom is -0.398 e. The lowest BCUT2D eigenvalue weighted by molar-refractivity contribution is 0.628. The maximum atomic E-state index is 13.1. The Kier molecular flexibility index (Phi) is 1.88. The van der Waals surface area contributed by atoms with E-state index in [0.29, 0.717) is 11.1 Å². The maximum Gasteiger partial charge on any atom is 0.124 e. The van der Waals surface area contributed by atoms with Crippen LogP contribution in [0.5, 0.6) is 0 Å². The topological polar surface area (TPSA) is 38.9 Å². The van der Waals surface area contributed by atoms with Crippen molar-refractivity contribution in [2.75, 3.05) is 5.73 Å². The van der Waals surface area contributed by atoms with Crippen molar-refractivity contribution in [3.8, 4) is 0 Å². The van der Waals surface area contributed by atoms with Crippen molar-refractivity contribution < 1.29 is 4.39 Å². The highest BCUT2D eigenvalue weighted by atomic mass is 19.1. The van der Waals surface area contributed by atoms with Gasteiger partial charge in [-0.05, 0) is 37.6 Å². The summed E-state index contributed by atoms with van der Waals surface area (Å²) in [6, 6.07) is 4.64. The van der Waals surface area contributed by atoms with Crippen LogP contribution in [0.1, 0.15) is 11.3 Å². The normalized spacial score (nSPS) is 10.8. The number of pyridine rings is 1. The molecule has 0 atom stereocenters. The fourth-order valence-corrected chi connectivity index (χ4v) is 1.62. The molecule has 3 heteroatoms. The molecule has 1 heterocycles. The molecule has 2 aromatic rings. The number of fused-ring (bicyclic) bond motifs is 1. The molecule has 2 nitrogen and oxygen atoms in total. The van der Waals surface area contributed by atoms with Gasteiger partial charge in [0.25, 0.3) is 0 Å². The number of nitrogen functional groups attached to an aromatic ring is 1. The second-order valence-electron chi connectivity index (χ2n) is 3.47. The van der Waals surface area contributed by atoms with Gasteiger partial charge in [0.05, 0.1) is 5.52 Å². The van der Waals surface area contributed by atoms with Crippen LogP contribution in [-0.2, 0) is 0 Å². The molecule has 1 aromatic carbocycles. The lowest BCUT2D eigenvalue weighted by atomic mass is 10.1. The van der Waals surface area contributed by atoms with Crippen molar-refractivity contribution in [1.29, 1.82) is 0 Å². The van der Waals surface area contributed by atoms with Gasteiger partial charge in [-0.2, -0.15) is 0 Å². The molecule has 0 aliphatic carbocycles. The van der Waals surface area contributed by atoms with E-state index in [0.717, 1.165) is 16.8 Å². The molecule has 14 heavy (non-hydrogen) atoms. The van der Waals surface area contributed by atoms with E-state index < -0.39 is 0 Å². The summed E-state index contributed by atoms with van der Waals surface area (Å²) in [5.41, 5.74) is 8.82. The zero-order chi connectivity index (χ0) is 10.3. The number of aromatic nitrogens is 1. The Morgan fingerprint density at radius 3 is 2.64 bits per heavy atom. The first-order chi connectivity index (χ1) is 6.58. The van der Waals surface area contributed by atoms with Gasteiger partial charge in [0.2, 0.25) is 0 Å². The molecule has 0 aliphatic rings. The SMILES string of the molecule is Cc1cc(N)c2cc(F)cc(C)c2n1. The highest BCUT2D eigenvalue weighted by Gasteiger charge is 2.05. The van der Waals surface area contributed by atoms with Crippen LogP contribution in [0.2, 0.25) is 0 Å². The van der Waals surface area contributed by atoms with E-state index >= 15 is 0 Å². The van der Waals surface area contributed by atoms with E-state index in [1.807, 2.05) is 13.8 Å². The summed E-state index contributed by atoms with van der Waals surface area (Å²) < 4.78 is 13.1. The fraction of sp³-hybridized carbons (Fsp3) is 0.182. The molecule has 0 amide bonds. The third-order valence-electron chi connectivity index (χ3n) is 2.23. The quantitative estimate of drug-likeness (QED) is 0.693. The summed E-state index contributed by atoms with van der Waals surface area (Å²) in [5.74, 6) is -0.271. The molecule has 0 saturated carbocycles. The summed E-state index contributed by atoms with van der Waals surface area (Å²) in [6.45, 7) is 3.70. The summed E-state index contributed by atoms with van der Waals surface area (Å²) in [4.78, 5) is 4.33. The predicted molar refractivity (Wildman–Crippen MR) is 55.6 cm³/mol. The second-order valence-corrected chi connectivity index (χ2v) is 3.47. The summed E-state index contributed by atoms with van der Waals surface area (Å²) in [6.07, 6.45) is 0. The van der Waals surface area contributed by atoms with E-state index in [4.69, 9.17) is 5.73 Å². The lowest BCUT2D eigenvalue weighted by Gasteiger charge is -2.06. The van der Waals surface area contributed by atoms with Crippen molar-refractivity contribution in [3.05, 3.63) is 35.3 Å². The molecule has 0 radical (unpaired) electrons. The van der Waals surface area contributed by atoms with Gasteiger partial charge in [-0.25, -0.2) is 4.39 Å². The number of rotatable bonds is 0. The van der Waals surface area contributed by atoms with Crippen LogP contribution in [0.4, 0.5) is 10.1 Å². The number of hydrogen-bond donors (Lipinski definition) is 1. The van der Waals surface area contributed by atoms with Gasteiger partial charge < -0.3 is 5.73 Å². The molecule has 0 fully saturated rings. The number of nitrogens with zero attached hydrogens (tertiary/aromatic N) is 1. The molecular formula is C11H11FN2. The van der Waals surface area contributed by atoms with Gasteiger partial charge in [-0.15, -0.1) is 0 Å². The average molecular weight is 190 g/mol. The van der Waals surface area contributed by atoms with Gasteiger partial charge in [0, 0.05) is 16.8 Å². The molecular weight excluding hydrogens is 179 g/mol. The van der Waals surface area contributed by atoms with Gasteiger partial charge in [-0.1, -0.05) is 0 Å². The van der Waals surface area contributed by atoms with Crippen LogP contribution >= 0.6 is 0 Å². The number of hydrogen-bond acceptors (Lipinski definition) is 2. The van der Waals surface area contributed by atoms with Crippen LogP contribution in [0.3, 0.4) is 0 Å².